The Morgan fingerprint density at radius 1 is 0.765 bits per heavy atom. The molecule has 3 aromatic carbocycles. The van der Waals surface area contributed by atoms with E-state index in [-0.39, 0.29) is 23.2 Å². The van der Waals surface area contributed by atoms with Crippen LogP contribution in [0, 0.1) is 0 Å². The first kappa shape index (κ1) is 22.3. The van der Waals surface area contributed by atoms with Crippen molar-refractivity contribution in [3.63, 3.8) is 0 Å². The molecule has 0 saturated heterocycles. The van der Waals surface area contributed by atoms with Crippen LogP contribution in [0.5, 0.6) is 0 Å². The summed E-state index contributed by atoms with van der Waals surface area (Å²) in [5, 5.41) is 35.5. The van der Waals surface area contributed by atoms with Crippen LogP contribution in [0.2, 0.25) is 0 Å². The summed E-state index contributed by atoms with van der Waals surface area (Å²) in [5.41, 5.74) is 3.18. The average molecular weight is 457 g/mol. The fourth-order valence-electron chi connectivity index (χ4n) is 3.44. The molecule has 0 amide bonds. The van der Waals surface area contributed by atoms with E-state index in [1.165, 1.54) is 24.3 Å². The van der Waals surface area contributed by atoms with Gasteiger partial charge < -0.3 is 20.6 Å². The first-order chi connectivity index (χ1) is 16.3. The van der Waals surface area contributed by atoms with Gasteiger partial charge in [-0.3, -0.25) is 0 Å². The van der Waals surface area contributed by atoms with Crippen molar-refractivity contribution in [2.45, 2.75) is 6.54 Å². The zero-order valence-electron chi connectivity index (χ0n) is 17.7. The molecule has 4 N–H and O–H groups in total. The Morgan fingerprint density at radius 2 is 1.35 bits per heavy atom. The van der Waals surface area contributed by atoms with E-state index in [9.17, 15) is 24.6 Å². The summed E-state index contributed by atoms with van der Waals surface area (Å²) in [6.45, 7) is 0.236. The zero-order chi connectivity index (χ0) is 24.2. The van der Waals surface area contributed by atoms with Gasteiger partial charge in [0.15, 0.2) is 0 Å². The lowest BCUT2D eigenvalue weighted by atomic mass is 10.1. The van der Waals surface area contributed by atoms with Crippen LogP contribution < -0.4 is 5.32 Å². The predicted octanol–water partition coefficient (Wildman–Crippen LogP) is 4.25. The topological polar surface area (TPSA) is 142 Å². The first-order valence-corrected chi connectivity index (χ1v) is 10.1. The molecule has 0 spiro atoms. The Hall–Kier alpha value is -4.92. The first-order valence-electron chi connectivity index (χ1n) is 10.1. The Kier molecular flexibility index (Phi) is 6.09. The monoisotopic (exact) mass is 457 g/mol. The normalized spacial score (nSPS) is 10.6. The highest BCUT2D eigenvalue weighted by atomic mass is 16.4. The number of aromatic nitrogens is 2. The van der Waals surface area contributed by atoms with E-state index in [0.717, 1.165) is 17.2 Å². The van der Waals surface area contributed by atoms with Crippen molar-refractivity contribution in [1.82, 2.24) is 9.78 Å². The molecule has 0 unspecified atom stereocenters. The van der Waals surface area contributed by atoms with Crippen LogP contribution in [0.1, 0.15) is 36.6 Å². The van der Waals surface area contributed by atoms with Gasteiger partial charge in [0.2, 0.25) is 0 Å². The molecule has 170 valence electrons. The van der Waals surface area contributed by atoms with E-state index in [4.69, 9.17) is 5.11 Å². The molecule has 9 heteroatoms. The van der Waals surface area contributed by atoms with Gasteiger partial charge in [-0.15, -0.1) is 0 Å². The van der Waals surface area contributed by atoms with E-state index in [0.29, 0.717) is 17.1 Å². The lowest BCUT2D eigenvalue weighted by molar-refractivity contribution is 0.0682. The fourth-order valence-corrected chi connectivity index (χ4v) is 3.44. The minimum Gasteiger partial charge on any atom is -0.478 e. The highest BCUT2D eigenvalue weighted by Crippen LogP contribution is 2.25. The lowest BCUT2D eigenvalue weighted by Crippen LogP contribution is -2.06. The Balaban J connectivity index is 1.69. The average Bonchev–Trinajstić information content (AvgIpc) is 3.27. The summed E-state index contributed by atoms with van der Waals surface area (Å²) in [7, 11) is 0. The highest BCUT2D eigenvalue weighted by Gasteiger charge is 2.15. The maximum atomic E-state index is 11.4. The van der Waals surface area contributed by atoms with Crippen LogP contribution in [0.15, 0.2) is 79.0 Å². The fraction of sp³-hybridized carbons (Fsp3) is 0.0400. The van der Waals surface area contributed by atoms with Crippen LogP contribution >= 0.6 is 0 Å². The number of hydrogen-bond donors (Lipinski definition) is 4. The van der Waals surface area contributed by atoms with Crippen molar-refractivity contribution in [2.75, 3.05) is 5.32 Å². The molecular formula is C25H19N3O6. The molecule has 0 atom stereocenters. The minimum absolute atomic E-state index is 0.139. The summed E-state index contributed by atoms with van der Waals surface area (Å²) < 4.78 is 1.63. The van der Waals surface area contributed by atoms with Crippen molar-refractivity contribution in [1.29, 1.82) is 0 Å². The molecule has 4 aromatic rings. The number of aromatic carboxylic acids is 3. The summed E-state index contributed by atoms with van der Waals surface area (Å²) >= 11 is 0. The highest BCUT2D eigenvalue weighted by molar-refractivity contribution is 5.95. The van der Waals surface area contributed by atoms with Crippen LogP contribution in [-0.4, -0.2) is 43.0 Å². The van der Waals surface area contributed by atoms with Gasteiger partial charge in [-0.05, 0) is 42.5 Å². The van der Waals surface area contributed by atoms with Gasteiger partial charge in [0.25, 0.3) is 0 Å². The number of nitrogens with zero attached hydrogens (tertiary/aromatic N) is 2. The second kappa shape index (κ2) is 9.29. The second-order valence-electron chi connectivity index (χ2n) is 7.43. The van der Waals surface area contributed by atoms with E-state index in [1.807, 2.05) is 30.3 Å². The number of benzene rings is 3. The van der Waals surface area contributed by atoms with Crippen molar-refractivity contribution in [3.8, 4) is 16.9 Å². The zero-order valence-corrected chi connectivity index (χ0v) is 17.7. The molecule has 0 bridgehead atoms. The lowest BCUT2D eigenvalue weighted by Gasteiger charge is -2.09. The van der Waals surface area contributed by atoms with Crippen LogP contribution in [0.4, 0.5) is 5.69 Å². The predicted molar refractivity (Wildman–Crippen MR) is 124 cm³/mol. The van der Waals surface area contributed by atoms with E-state index >= 15 is 0 Å². The van der Waals surface area contributed by atoms with Crippen molar-refractivity contribution in [3.05, 3.63) is 101 Å². The van der Waals surface area contributed by atoms with E-state index in [2.05, 4.69) is 10.4 Å². The number of carboxylic acid groups (broad SMARTS) is 3. The third-order valence-corrected chi connectivity index (χ3v) is 5.13. The maximum absolute atomic E-state index is 11.4. The molecule has 0 aliphatic carbocycles. The number of nitrogens with one attached hydrogen (secondary N) is 1. The standard InChI is InChI=1S/C25H19N3O6/c29-23(30)16-6-8-21(9-7-16)28-14-19(22(27-28)15-4-2-1-3-5-15)13-26-20-11-17(24(31)32)10-18(12-20)25(33)34/h1-12,14,26H,13H2,(H,29,30)(H,31,32)(H,33,34). The Labute approximate surface area is 193 Å². The number of carboxylic acids is 3. The molecule has 4 rings (SSSR count). The van der Waals surface area contributed by atoms with Crippen LogP contribution in [-0.2, 0) is 6.54 Å². The largest absolute Gasteiger partial charge is 0.478 e. The molecule has 1 aromatic heterocycles. The van der Waals surface area contributed by atoms with Gasteiger partial charge >= 0.3 is 17.9 Å². The quantitative estimate of drug-likeness (QED) is 0.308. The number of carbonyl (C=O) groups is 3. The molecular weight excluding hydrogens is 438 g/mol. The third kappa shape index (κ3) is 4.78. The molecule has 0 saturated carbocycles. The van der Waals surface area contributed by atoms with Gasteiger partial charge in [0.05, 0.1) is 28.1 Å². The Bertz CT molecular complexity index is 1350. The third-order valence-electron chi connectivity index (χ3n) is 5.13. The van der Waals surface area contributed by atoms with Crippen molar-refractivity contribution < 1.29 is 29.7 Å². The van der Waals surface area contributed by atoms with E-state index < -0.39 is 17.9 Å². The van der Waals surface area contributed by atoms with Crippen LogP contribution in [0.3, 0.4) is 0 Å². The number of rotatable bonds is 8. The Morgan fingerprint density at radius 3 is 1.91 bits per heavy atom. The van der Waals surface area contributed by atoms with Gasteiger partial charge in [0.1, 0.15) is 0 Å². The molecule has 0 aliphatic heterocycles. The van der Waals surface area contributed by atoms with Crippen molar-refractivity contribution in [2.24, 2.45) is 0 Å². The molecule has 34 heavy (non-hydrogen) atoms. The summed E-state index contributed by atoms with van der Waals surface area (Å²) in [4.78, 5) is 33.9. The summed E-state index contributed by atoms with van der Waals surface area (Å²) in [6, 6.07) is 19.6. The van der Waals surface area contributed by atoms with Gasteiger partial charge in [0, 0.05) is 29.6 Å². The number of hydrogen-bond acceptors (Lipinski definition) is 5. The molecule has 1 heterocycles. The van der Waals surface area contributed by atoms with Crippen molar-refractivity contribution >= 4 is 23.6 Å². The molecule has 9 nitrogen and oxygen atoms in total. The van der Waals surface area contributed by atoms with E-state index in [1.54, 1.807) is 23.0 Å². The van der Waals surface area contributed by atoms with Gasteiger partial charge in [-0.1, -0.05) is 30.3 Å². The molecule has 0 fully saturated rings. The molecule has 0 aliphatic rings. The van der Waals surface area contributed by atoms with Gasteiger partial charge in [-0.25, -0.2) is 19.1 Å². The van der Waals surface area contributed by atoms with Gasteiger partial charge in [-0.2, -0.15) is 5.10 Å². The summed E-state index contributed by atoms with van der Waals surface area (Å²) in [5.74, 6) is -3.48. The second-order valence-corrected chi connectivity index (χ2v) is 7.43. The minimum atomic E-state index is -1.23. The molecule has 0 radical (unpaired) electrons. The number of anilines is 1. The van der Waals surface area contributed by atoms with Crippen LogP contribution in [0.25, 0.3) is 16.9 Å². The maximum Gasteiger partial charge on any atom is 0.335 e. The smallest absolute Gasteiger partial charge is 0.335 e. The SMILES string of the molecule is O=C(O)c1ccc(-n2cc(CNc3cc(C(=O)O)cc(C(=O)O)c3)c(-c3ccccc3)n2)cc1. The summed E-state index contributed by atoms with van der Waals surface area (Å²) in [6.07, 6.45) is 1.78.